The molecule has 0 aromatic heterocycles. The summed E-state index contributed by atoms with van der Waals surface area (Å²) < 4.78 is 11.7. The Kier molecular flexibility index (Phi) is 8.57. The first kappa shape index (κ1) is 18.1. The number of nitrogens with zero attached hydrogens (tertiary/aromatic N) is 1. The fourth-order valence-corrected chi connectivity index (χ4v) is 2.64. The highest BCUT2D eigenvalue weighted by atomic mass is 79.9. The Morgan fingerprint density at radius 1 is 1.14 bits per heavy atom. The second-order valence-corrected chi connectivity index (χ2v) is 5.46. The van der Waals surface area contributed by atoms with Crippen LogP contribution in [0.3, 0.4) is 0 Å². The van der Waals surface area contributed by atoms with Gasteiger partial charge in [-0.05, 0) is 54.9 Å². The Morgan fingerprint density at radius 3 is 2.14 bits per heavy atom. The van der Waals surface area contributed by atoms with E-state index in [-0.39, 0.29) is 5.78 Å². The third kappa shape index (κ3) is 6.16. The van der Waals surface area contributed by atoms with Crippen molar-refractivity contribution in [3.05, 3.63) is 28.2 Å². The number of benzene rings is 1. The molecule has 21 heavy (non-hydrogen) atoms. The SMILES string of the molecule is CCOCCN(CCOCC)c1ccc(C(C)=O)c(Br)c1. The minimum absolute atomic E-state index is 0.0589. The van der Waals surface area contributed by atoms with Crippen molar-refractivity contribution >= 4 is 27.4 Å². The summed E-state index contributed by atoms with van der Waals surface area (Å²) >= 11 is 3.47. The average molecular weight is 358 g/mol. The first-order chi connectivity index (χ1) is 10.1. The number of halogens is 1. The van der Waals surface area contributed by atoms with Crippen LogP contribution in [-0.2, 0) is 9.47 Å². The van der Waals surface area contributed by atoms with Crippen LogP contribution in [0.25, 0.3) is 0 Å². The van der Waals surface area contributed by atoms with Gasteiger partial charge in [0.05, 0.1) is 13.2 Å². The minimum Gasteiger partial charge on any atom is -0.380 e. The predicted octanol–water partition coefficient (Wildman–Crippen LogP) is 3.53. The van der Waals surface area contributed by atoms with Crippen molar-refractivity contribution in [2.24, 2.45) is 0 Å². The zero-order valence-corrected chi connectivity index (χ0v) is 14.6. The highest BCUT2D eigenvalue weighted by Crippen LogP contribution is 2.24. The first-order valence-electron chi connectivity index (χ1n) is 7.31. The third-order valence-corrected chi connectivity index (χ3v) is 3.77. The van der Waals surface area contributed by atoms with Crippen molar-refractivity contribution in [1.29, 1.82) is 0 Å². The van der Waals surface area contributed by atoms with E-state index in [1.165, 1.54) is 0 Å². The maximum atomic E-state index is 11.5. The molecule has 0 spiro atoms. The van der Waals surface area contributed by atoms with E-state index in [4.69, 9.17) is 9.47 Å². The molecule has 0 atom stereocenters. The number of carbonyl (C=O) groups excluding carboxylic acids is 1. The monoisotopic (exact) mass is 357 g/mol. The number of ether oxygens (including phenoxy) is 2. The molecule has 1 aromatic carbocycles. The molecule has 5 heteroatoms. The van der Waals surface area contributed by atoms with Crippen LogP contribution in [0.5, 0.6) is 0 Å². The van der Waals surface area contributed by atoms with Crippen LogP contribution < -0.4 is 4.90 Å². The van der Waals surface area contributed by atoms with Crippen molar-refractivity contribution in [2.45, 2.75) is 20.8 Å². The second-order valence-electron chi connectivity index (χ2n) is 4.60. The lowest BCUT2D eigenvalue weighted by atomic mass is 10.1. The van der Waals surface area contributed by atoms with Gasteiger partial charge in [-0.1, -0.05) is 0 Å². The molecule has 0 aliphatic heterocycles. The van der Waals surface area contributed by atoms with E-state index in [1.54, 1.807) is 6.92 Å². The van der Waals surface area contributed by atoms with Crippen LogP contribution in [0, 0.1) is 0 Å². The normalized spacial score (nSPS) is 10.7. The van der Waals surface area contributed by atoms with Crippen molar-refractivity contribution in [1.82, 2.24) is 0 Å². The van der Waals surface area contributed by atoms with E-state index in [0.717, 1.165) is 23.2 Å². The van der Waals surface area contributed by atoms with Gasteiger partial charge in [0.25, 0.3) is 0 Å². The summed E-state index contributed by atoms with van der Waals surface area (Å²) in [6.45, 7) is 9.93. The molecule has 0 bridgehead atoms. The van der Waals surface area contributed by atoms with Gasteiger partial charge < -0.3 is 14.4 Å². The summed E-state index contributed by atoms with van der Waals surface area (Å²) in [6, 6.07) is 5.81. The predicted molar refractivity (Wildman–Crippen MR) is 89.3 cm³/mol. The van der Waals surface area contributed by atoms with E-state index in [1.807, 2.05) is 32.0 Å². The van der Waals surface area contributed by atoms with Gasteiger partial charge in [0.2, 0.25) is 0 Å². The minimum atomic E-state index is 0.0589. The van der Waals surface area contributed by atoms with E-state index in [9.17, 15) is 4.79 Å². The molecule has 0 amide bonds. The summed E-state index contributed by atoms with van der Waals surface area (Å²) in [7, 11) is 0. The van der Waals surface area contributed by atoms with Gasteiger partial charge in [-0.2, -0.15) is 0 Å². The molecule has 0 aliphatic carbocycles. The molecule has 0 radical (unpaired) electrons. The van der Waals surface area contributed by atoms with Gasteiger partial charge in [0, 0.05) is 42.0 Å². The molecule has 0 saturated heterocycles. The van der Waals surface area contributed by atoms with E-state index < -0.39 is 0 Å². The van der Waals surface area contributed by atoms with Crippen molar-refractivity contribution in [3.63, 3.8) is 0 Å². The quantitative estimate of drug-likeness (QED) is 0.474. The van der Waals surface area contributed by atoms with Gasteiger partial charge in [0.1, 0.15) is 0 Å². The van der Waals surface area contributed by atoms with Crippen LogP contribution in [0.15, 0.2) is 22.7 Å². The molecule has 1 rings (SSSR count). The van der Waals surface area contributed by atoms with E-state index in [2.05, 4.69) is 20.8 Å². The van der Waals surface area contributed by atoms with Crippen LogP contribution in [0.4, 0.5) is 5.69 Å². The Morgan fingerprint density at radius 2 is 1.71 bits per heavy atom. The number of hydrogen-bond acceptors (Lipinski definition) is 4. The lowest BCUT2D eigenvalue weighted by Crippen LogP contribution is -2.31. The van der Waals surface area contributed by atoms with Crippen molar-refractivity contribution in [2.75, 3.05) is 44.4 Å². The van der Waals surface area contributed by atoms with Crippen LogP contribution in [0.2, 0.25) is 0 Å². The number of carbonyl (C=O) groups is 1. The van der Waals surface area contributed by atoms with E-state index in [0.29, 0.717) is 32.0 Å². The molecule has 0 unspecified atom stereocenters. The summed E-state index contributed by atoms with van der Waals surface area (Å²) in [5.41, 5.74) is 1.76. The Labute approximate surface area is 135 Å². The molecule has 0 fully saturated rings. The van der Waals surface area contributed by atoms with Crippen molar-refractivity contribution in [3.8, 4) is 0 Å². The Hall–Kier alpha value is -0.910. The lowest BCUT2D eigenvalue weighted by molar-refractivity contribution is 0.101. The zero-order chi connectivity index (χ0) is 15.7. The topological polar surface area (TPSA) is 38.8 Å². The summed E-state index contributed by atoms with van der Waals surface area (Å²) in [4.78, 5) is 13.7. The molecule has 0 aliphatic rings. The maximum Gasteiger partial charge on any atom is 0.160 e. The number of rotatable bonds is 10. The van der Waals surface area contributed by atoms with Crippen LogP contribution >= 0.6 is 15.9 Å². The molecule has 0 N–H and O–H groups in total. The highest BCUT2D eigenvalue weighted by Gasteiger charge is 2.11. The fourth-order valence-electron chi connectivity index (χ4n) is 1.99. The number of ketones is 1. The average Bonchev–Trinajstić information content (AvgIpc) is 2.45. The second kappa shape index (κ2) is 9.92. The summed E-state index contributed by atoms with van der Waals surface area (Å²) in [5, 5.41) is 0. The molecule has 0 saturated carbocycles. The standard InChI is InChI=1S/C16H24BrNO3/c1-4-20-10-8-18(9-11-21-5-2)14-6-7-15(13(3)19)16(17)12-14/h6-7,12H,4-5,8-11H2,1-3H3. The number of hydrogen-bond donors (Lipinski definition) is 0. The van der Waals surface area contributed by atoms with Gasteiger partial charge in [-0.15, -0.1) is 0 Å². The zero-order valence-electron chi connectivity index (χ0n) is 13.0. The number of Topliss-reactive ketones (excluding diaryl/α,β-unsaturated/α-hetero) is 1. The largest absolute Gasteiger partial charge is 0.380 e. The van der Waals surface area contributed by atoms with Gasteiger partial charge in [-0.3, -0.25) is 4.79 Å². The van der Waals surface area contributed by atoms with Gasteiger partial charge >= 0.3 is 0 Å². The van der Waals surface area contributed by atoms with Crippen molar-refractivity contribution < 1.29 is 14.3 Å². The molecule has 4 nitrogen and oxygen atoms in total. The molecule has 1 aromatic rings. The fraction of sp³-hybridized carbons (Fsp3) is 0.562. The van der Waals surface area contributed by atoms with Crippen LogP contribution in [-0.4, -0.2) is 45.3 Å². The summed E-state index contributed by atoms with van der Waals surface area (Å²) in [6.07, 6.45) is 0. The first-order valence-corrected chi connectivity index (χ1v) is 8.10. The maximum absolute atomic E-state index is 11.5. The smallest absolute Gasteiger partial charge is 0.160 e. The van der Waals surface area contributed by atoms with Gasteiger partial charge in [-0.25, -0.2) is 0 Å². The Balaban J connectivity index is 2.80. The van der Waals surface area contributed by atoms with Crippen LogP contribution in [0.1, 0.15) is 31.1 Å². The molecular weight excluding hydrogens is 334 g/mol. The molecule has 0 heterocycles. The molecular formula is C16H24BrNO3. The third-order valence-electron chi connectivity index (χ3n) is 3.12. The molecule has 118 valence electrons. The lowest BCUT2D eigenvalue weighted by Gasteiger charge is -2.25. The van der Waals surface area contributed by atoms with Gasteiger partial charge in [0.15, 0.2) is 5.78 Å². The highest BCUT2D eigenvalue weighted by molar-refractivity contribution is 9.10. The number of anilines is 1. The summed E-state index contributed by atoms with van der Waals surface area (Å²) in [5.74, 6) is 0.0589. The van der Waals surface area contributed by atoms with E-state index >= 15 is 0 Å². The Bertz CT molecular complexity index is 441.